The molecule has 4 nitrogen and oxygen atoms in total. The summed E-state index contributed by atoms with van der Waals surface area (Å²) in [5, 5.41) is 0. The number of hydrogen-bond acceptors (Lipinski definition) is 4. The molecule has 0 saturated heterocycles. The van der Waals surface area contributed by atoms with Gasteiger partial charge in [0.2, 0.25) is 0 Å². The number of ether oxygens (including phenoxy) is 2. The number of esters is 2. The standard InChI is InChI=1S/C12H22O2.C8H8O2/c1-8(2)11-6-5-9(3)7-12(11)14-10(4)13;1-10-8(9)7-5-3-2-4-6-7/h8-9,11-12H,5-7H2,1-4H3;2-6H,1H3. The molecule has 4 heteroatoms. The van der Waals surface area contributed by atoms with Crippen molar-refractivity contribution in [2.45, 2.75) is 53.1 Å². The number of rotatable bonds is 3. The Kier molecular flexibility index (Phi) is 8.51. The van der Waals surface area contributed by atoms with Crippen molar-refractivity contribution in [1.82, 2.24) is 0 Å². The van der Waals surface area contributed by atoms with Gasteiger partial charge in [0.15, 0.2) is 0 Å². The average molecular weight is 334 g/mol. The van der Waals surface area contributed by atoms with Gasteiger partial charge in [-0.25, -0.2) is 4.79 Å². The van der Waals surface area contributed by atoms with Gasteiger partial charge in [0.25, 0.3) is 0 Å². The Morgan fingerprint density at radius 2 is 1.75 bits per heavy atom. The molecule has 134 valence electrons. The lowest BCUT2D eigenvalue weighted by atomic mass is 9.75. The predicted octanol–water partition coefficient (Wildman–Crippen LogP) is 4.48. The fourth-order valence-corrected chi connectivity index (χ4v) is 3.16. The van der Waals surface area contributed by atoms with Crippen molar-refractivity contribution in [3.63, 3.8) is 0 Å². The summed E-state index contributed by atoms with van der Waals surface area (Å²) in [5.41, 5.74) is 0.588. The van der Waals surface area contributed by atoms with Crippen molar-refractivity contribution in [2.75, 3.05) is 7.11 Å². The first kappa shape index (κ1) is 20.2. The van der Waals surface area contributed by atoms with Crippen molar-refractivity contribution in [3.8, 4) is 0 Å². The predicted molar refractivity (Wildman–Crippen MR) is 94.7 cm³/mol. The first-order chi connectivity index (χ1) is 11.3. The van der Waals surface area contributed by atoms with Crippen molar-refractivity contribution < 1.29 is 19.1 Å². The van der Waals surface area contributed by atoms with E-state index in [9.17, 15) is 9.59 Å². The van der Waals surface area contributed by atoms with Gasteiger partial charge in [-0.2, -0.15) is 0 Å². The van der Waals surface area contributed by atoms with Crippen LogP contribution in [0.5, 0.6) is 0 Å². The van der Waals surface area contributed by atoms with Crippen molar-refractivity contribution in [2.24, 2.45) is 17.8 Å². The van der Waals surface area contributed by atoms with Crippen LogP contribution in [-0.2, 0) is 14.3 Å². The second-order valence-corrected chi connectivity index (χ2v) is 6.83. The van der Waals surface area contributed by atoms with E-state index in [-0.39, 0.29) is 18.0 Å². The molecule has 0 amide bonds. The van der Waals surface area contributed by atoms with Crippen LogP contribution in [0, 0.1) is 17.8 Å². The highest BCUT2D eigenvalue weighted by Crippen LogP contribution is 2.35. The van der Waals surface area contributed by atoms with Gasteiger partial charge in [-0.1, -0.05) is 45.4 Å². The van der Waals surface area contributed by atoms with Crippen LogP contribution in [0.4, 0.5) is 0 Å². The molecule has 0 bridgehead atoms. The Balaban J connectivity index is 0.000000254. The monoisotopic (exact) mass is 334 g/mol. The summed E-state index contributed by atoms with van der Waals surface area (Å²) in [6, 6.07) is 8.88. The summed E-state index contributed by atoms with van der Waals surface area (Å²) >= 11 is 0. The van der Waals surface area contributed by atoms with Gasteiger partial charge >= 0.3 is 11.9 Å². The molecule has 1 aromatic rings. The van der Waals surface area contributed by atoms with Crippen LogP contribution in [0.3, 0.4) is 0 Å². The van der Waals surface area contributed by atoms with Crippen LogP contribution in [0.1, 0.15) is 57.3 Å². The Morgan fingerprint density at radius 1 is 1.12 bits per heavy atom. The average Bonchev–Trinajstić information content (AvgIpc) is 2.54. The molecule has 1 aromatic carbocycles. The highest BCUT2D eigenvalue weighted by atomic mass is 16.5. The van der Waals surface area contributed by atoms with Gasteiger partial charge in [0, 0.05) is 6.92 Å². The fourth-order valence-electron chi connectivity index (χ4n) is 3.16. The lowest BCUT2D eigenvalue weighted by molar-refractivity contribution is -0.153. The van der Waals surface area contributed by atoms with E-state index in [1.807, 2.05) is 6.07 Å². The number of hydrogen-bond donors (Lipinski definition) is 0. The maximum atomic E-state index is 11.0. The molecular weight excluding hydrogens is 304 g/mol. The molecule has 1 saturated carbocycles. The Bertz CT molecular complexity index is 510. The smallest absolute Gasteiger partial charge is 0.337 e. The summed E-state index contributed by atoms with van der Waals surface area (Å²) in [7, 11) is 1.37. The largest absolute Gasteiger partial charge is 0.465 e. The number of carbonyl (C=O) groups is 2. The SMILES string of the molecule is CC(=O)OC1CC(C)CCC1C(C)C.COC(=O)c1ccccc1. The zero-order valence-electron chi connectivity index (χ0n) is 15.5. The van der Waals surface area contributed by atoms with Crippen molar-refractivity contribution in [3.05, 3.63) is 35.9 Å². The van der Waals surface area contributed by atoms with Crippen molar-refractivity contribution in [1.29, 1.82) is 0 Å². The second kappa shape index (κ2) is 10.1. The first-order valence-electron chi connectivity index (χ1n) is 8.65. The molecule has 1 aliphatic rings. The molecule has 1 fully saturated rings. The van der Waals surface area contributed by atoms with Crippen LogP contribution in [0.15, 0.2) is 30.3 Å². The van der Waals surface area contributed by atoms with Gasteiger partial charge in [-0.3, -0.25) is 4.79 Å². The fraction of sp³-hybridized carbons (Fsp3) is 0.600. The zero-order valence-corrected chi connectivity index (χ0v) is 15.5. The minimum atomic E-state index is -0.291. The molecule has 0 radical (unpaired) electrons. The molecule has 0 aromatic heterocycles. The normalized spacial score (nSPS) is 23.0. The van der Waals surface area contributed by atoms with Gasteiger partial charge in [0.05, 0.1) is 12.7 Å². The molecular formula is C20H30O4. The van der Waals surface area contributed by atoms with E-state index in [1.165, 1.54) is 26.9 Å². The van der Waals surface area contributed by atoms with Gasteiger partial charge in [-0.15, -0.1) is 0 Å². The summed E-state index contributed by atoms with van der Waals surface area (Å²) in [6.45, 7) is 8.19. The first-order valence-corrected chi connectivity index (χ1v) is 8.65. The van der Waals surface area contributed by atoms with Crippen LogP contribution in [0.25, 0.3) is 0 Å². The minimum Gasteiger partial charge on any atom is -0.465 e. The van der Waals surface area contributed by atoms with E-state index in [4.69, 9.17) is 4.74 Å². The van der Waals surface area contributed by atoms with Gasteiger partial charge in [0.1, 0.15) is 6.10 Å². The van der Waals surface area contributed by atoms with E-state index >= 15 is 0 Å². The third-order valence-corrected chi connectivity index (χ3v) is 4.47. The topological polar surface area (TPSA) is 52.6 Å². The summed E-state index contributed by atoms with van der Waals surface area (Å²) in [5.74, 6) is 1.46. The highest BCUT2D eigenvalue weighted by Gasteiger charge is 2.32. The Labute approximate surface area is 145 Å². The van der Waals surface area contributed by atoms with Crippen LogP contribution >= 0.6 is 0 Å². The molecule has 3 atom stereocenters. The molecule has 0 spiro atoms. The lowest BCUT2D eigenvalue weighted by Crippen LogP contribution is -2.35. The number of benzene rings is 1. The second-order valence-electron chi connectivity index (χ2n) is 6.83. The summed E-state index contributed by atoms with van der Waals surface area (Å²) in [6.07, 6.45) is 3.69. The molecule has 0 heterocycles. The van der Waals surface area contributed by atoms with Gasteiger partial charge in [-0.05, 0) is 42.7 Å². The molecule has 3 unspecified atom stereocenters. The van der Waals surface area contributed by atoms with Crippen LogP contribution in [0.2, 0.25) is 0 Å². The molecule has 0 aliphatic heterocycles. The van der Waals surface area contributed by atoms with E-state index in [1.54, 1.807) is 24.3 Å². The summed E-state index contributed by atoms with van der Waals surface area (Å²) in [4.78, 5) is 21.8. The lowest BCUT2D eigenvalue weighted by Gasteiger charge is -2.36. The third-order valence-electron chi connectivity index (χ3n) is 4.47. The Morgan fingerprint density at radius 3 is 2.25 bits per heavy atom. The maximum absolute atomic E-state index is 11.0. The van der Waals surface area contributed by atoms with E-state index in [0.717, 1.165) is 6.42 Å². The number of methoxy groups -OCH3 is 1. The van der Waals surface area contributed by atoms with E-state index < -0.39 is 0 Å². The maximum Gasteiger partial charge on any atom is 0.337 e. The quantitative estimate of drug-likeness (QED) is 0.765. The van der Waals surface area contributed by atoms with E-state index in [2.05, 4.69) is 25.5 Å². The van der Waals surface area contributed by atoms with Crippen molar-refractivity contribution >= 4 is 11.9 Å². The molecule has 1 aliphatic carbocycles. The summed E-state index contributed by atoms with van der Waals surface area (Å²) < 4.78 is 9.89. The van der Waals surface area contributed by atoms with Crippen LogP contribution < -0.4 is 0 Å². The number of carbonyl (C=O) groups excluding carboxylic acids is 2. The minimum absolute atomic E-state index is 0.130. The van der Waals surface area contributed by atoms with Gasteiger partial charge < -0.3 is 9.47 Å². The third kappa shape index (κ3) is 6.73. The van der Waals surface area contributed by atoms with E-state index in [0.29, 0.717) is 23.3 Å². The Hall–Kier alpha value is -1.84. The zero-order chi connectivity index (χ0) is 18.1. The highest BCUT2D eigenvalue weighted by molar-refractivity contribution is 5.89. The molecule has 24 heavy (non-hydrogen) atoms. The molecule has 0 N–H and O–H groups in total. The van der Waals surface area contributed by atoms with Crippen LogP contribution in [-0.4, -0.2) is 25.2 Å². The molecule has 2 rings (SSSR count).